The van der Waals surface area contributed by atoms with Gasteiger partial charge in [-0.3, -0.25) is 4.79 Å². The topological polar surface area (TPSA) is 55.1 Å². The van der Waals surface area contributed by atoms with Crippen molar-refractivity contribution in [3.8, 4) is 0 Å². The third-order valence-corrected chi connectivity index (χ3v) is 3.14. The normalized spacial score (nSPS) is 15.4. The zero-order valence-corrected chi connectivity index (χ0v) is 9.68. The van der Waals surface area contributed by atoms with Gasteiger partial charge in [0, 0.05) is 6.04 Å². The van der Waals surface area contributed by atoms with Crippen LogP contribution in [0.15, 0.2) is 18.2 Å². The number of hydrogen-bond donors (Lipinski definition) is 1. The van der Waals surface area contributed by atoms with E-state index < -0.39 is 5.97 Å². The van der Waals surface area contributed by atoms with Crippen molar-refractivity contribution in [2.45, 2.75) is 32.2 Å². The highest BCUT2D eigenvalue weighted by Gasteiger charge is 2.28. The van der Waals surface area contributed by atoms with Gasteiger partial charge in [-0.05, 0) is 37.5 Å². The number of fused-ring (bicyclic) bond motifs is 1. The van der Waals surface area contributed by atoms with Gasteiger partial charge in [0.2, 0.25) is 0 Å². The molecule has 1 aromatic heterocycles. The van der Waals surface area contributed by atoms with Gasteiger partial charge < -0.3 is 9.67 Å². The van der Waals surface area contributed by atoms with Crippen LogP contribution < -0.4 is 0 Å². The van der Waals surface area contributed by atoms with Crippen LogP contribution in [0, 0.1) is 6.92 Å². The number of carbonyl (C=O) groups is 1. The molecule has 1 N–H and O–H groups in total. The Morgan fingerprint density at radius 2 is 2.29 bits per heavy atom. The Kier molecular flexibility index (Phi) is 2.18. The van der Waals surface area contributed by atoms with Crippen LogP contribution in [0.2, 0.25) is 0 Å². The van der Waals surface area contributed by atoms with Crippen molar-refractivity contribution in [1.82, 2.24) is 9.55 Å². The number of carboxylic acid groups (broad SMARTS) is 1. The number of carboxylic acids is 1. The van der Waals surface area contributed by atoms with Gasteiger partial charge in [-0.15, -0.1) is 0 Å². The van der Waals surface area contributed by atoms with Gasteiger partial charge in [0.25, 0.3) is 0 Å². The van der Waals surface area contributed by atoms with Crippen LogP contribution in [-0.4, -0.2) is 20.6 Å². The van der Waals surface area contributed by atoms with E-state index in [0.29, 0.717) is 11.9 Å². The summed E-state index contributed by atoms with van der Waals surface area (Å²) in [6.45, 7) is 2.04. The van der Waals surface area contributed by atoms with Gasteiger partial charge in [0.05, 0.1) is 11.0 Å². The molecule has 4 heteroatoms. The number of imidazole rings is 1. The van der Waals surface area contributed by atoms with Crippen LogP contribution in [0.1, 0.15) is 30.3 Å². The predicted octanol–water partition coefficient (Wildman–Crippen LogP) is 2.31. The standard InChI is InChI=1S/C13H14N2O2/c1-8-2-5-10-11(6-8)15(9-3-4-9)12(14-10)7-13(16)17/h2,5-6,9H,3-4,7H2,1H3,(H,16,17). The second-order valence-corrected chi connectivity index (χ2v) is 4.69. The molecule has 0 spiro atoms. The summed E-state index contributed by atoms with van der Waals surface area (Å²) in [6.07, 6.45) is 2.27. The molecule has 0 aliphatic heterocycles. The molecule has 0 radical (unpaired) electrons. The van der Waals surface area contributed by atoms with Crippen molar-refractivity contribution >= 4 is 17.0 Å². The summed E-state index contributed by atoms with van der Waals surface area (Å²) < 4.78 is 2.11. The largest absolute Gasteiger partial charge is 0.481 e. The Labute approximate surface area is 98.9 Å². The molecule has 1 aliphatic rings. The quantitative estimate of drug-likeness (QED) is 0.880. The van der Waals surface area contributed by atoms with E-state index in [1.165, 1.54) is 5.56 Å². The van der Waals surface area contributed by atoms with Crippen molar-refractivity contribution < 1.29 is 9.90 Å². The first-order valence-corrected chi connectivity index (χ1v) is 5.84. The van der Waals surface area contributed by atoms with E-state index in [4.69, 9.17) is 5.11 Å². The van der Waals surface area contributed by atoms with Gasteiger partial charge in [-0.1, -0.05) is 6.07 Å². The fraction of sp³-hybridized carbons (Fsp3) is 0.385. The Balaban J connectivity index is 2.20. The Bertz CT molecular complexity index is 597. The lowest BCUT2D eigenvalue weighted by molar-refractivity contribution is -0.136. The van der Waals surface area contributed by atoms with E-state index in [2.05, 4.69) is 15.6 Å². The molecule has 0 atom stereocenters. The highest BCUT2D eigenvalue weighted by Crippen LogP contribution is 2.38. The van der Waals surface area contributed by atoms with Crippen molar-refractivity contribution in [1.29, 1.82) is 0 Å². The molecule has 88 valence electrons. The summed E-state index contributed by atoms with van der Waals surface area (Å²) >= 11 is 0. The lowest BCUT2D eigenvalue weighted by Gasteiger charge is -2.05. The summed E-state index contributed by atoms with van der Waals surface area (Å²) in [7, 11) is 0. The highest BCUT2D eigenvalue weighted by molar-refractivity contribution is 5.79. The van der Waals surface area contributed by atoms with Crippen LogP contribution in [0.5, 0.6) is 0 Å². The van der Waals surface area contributed by atoms with Crippen LogP contribution in [0.3, 0.4) is 0 Å². The maximum Gasteiger partial charge on any atom is 0.311 e. The minimum atomic E-state index is -0.820. The molecule has 1 heterocycles. The first-order chi connectivity index (χ1) is 8.15. The van der Waals surface area contributed by atoms with Gasteiger partial charge >= 0.3 is 5.97 Å². The lowest BCUT2D eigenvalue weighted by Crippen LogP contribution is -2.08. The highest BCUT2D eigenvalue weighted by atomic mass is 16.4. The summed E-state index contributed by atoms with van der Waals surface area (Å²) in [5.74, 6) is -0.139. The van der Waals surface area contributed by atoms with E-state index in [-0.39, 0.29) is 6.42 Å². The van der Waals surface area contributed by atoms with Gasteiger partial charge in [-0.2, -0.15) is 0 Å². The third-order valence-electron chi connectivity index (χ3n) is 3.14. The molecular weight excluding hydrogens is 216 g/mol. The second kappa shape index (κ2) is 3.58. The number of nitrogens with zero attached hydrogens (tertiary/aromatic N) is 2. The zero-order chi connectivity index (χ0) is 12.0. The maximum absolute atomic E-state index is 10.9. The molecule has 0 bridgehead atoms. The molecule has 2 aromatic rings. The average molecular weight is 230 g/mol. The number of benzene rings is 1. The molecule has 0 unspecified atom stereocenters. The lowest BCUT2D eigenvalue weighted by atomic mass is 10.2. The average Bonchev–Trinajstić information content (AvgIpc) is 3.01. The molecule has 17 heavy (non-hydrogen) atoms. The first kappa shape index (κ1) is 10.3. The summed E-state index contributed by atoms with van der Waals surface area (Å²) in [5, 5.41) is 8.92. The summed E-state index contributed by atoms with van der Waals surface area (Å²) in [4.78, 5) is 15.3. The maximum atomic E-state index is 10.9. The zero-order valence-electron chi connectivity index (χ0n) is 9.68. The molecule has 0 amide bonds. The Hall–Kier alpha value is -1.84. The predicted molar refractivity (Wildman–Crippen MR) is 64.1 cm³/mol. The third kappa shape index (κ3) is 1.79. The molecule has 1 fully saturated rings. The second-order valence-electron chi connectivity index (χ2n) is 4.69. The van der Waals surface area contributed by atoms with E-state index in [0.717, 1.165) is 23.9 Å². The molecular formula is C13H14N2O2. The minimum Gasteiger partial charge on any atom is -0.481 e. The van der Waals surface area contributed by atoms with Crippen LogP contribution in [0.25, 0.3) is 11.0 Å². The summed E-state index contributed by atoms with van der Waals surface area (Å²) in [6, 6.07) is 6.52. The number of aliphatic carboxylic acids is 1. The number of aryl methyl sites for hydroxylation is 1. The van der Waals surface area contributed by atoms with Crippen molar-refractivity contribution in [3.63, 3.8) is 0 Å². The van der Waals surface area contributed by atoms with Gasteiger partial charge in [0.15, 0.2) is 0 Å². The van der Waals surface area contributed by atoms with Crippen molar-refractivity contribution in [2.24, 2.45) is 0 Å². The fourth-order valence-electron chi connectivity index (χ4n) is 2.25. The smallest absolute Gasteiger partial charge is 0.311 e. The first-order valence-electron chi connectivity index (χ1n) is 5.84. The van der Waals surface area contributed by atoms with Gasteiger partial charge in [-0.25, -0.2) is 4.98 Å². The number of aromatic nitrogens is 2. The molecule has 0 saturated heterocycles. The van der Waals surface area contributed by atoms with Gasteiger partial charge in [0.1, 0.15) is 12.2 Å². The van der Waals surface area contributed by atoms with E-state index in [1.807, 2.05) is 19.1 Å². The van der Waals surface area contributed by atoms with Crippen LogP contribution >= 0.6 is 0 Å². The number of rotatable bonds is 3. The Morgan fingerprint density at radius 1 is 1.53 bits per heavy atom. The van der Waals surface area contributed by atoms with Crippen molar-refractivity contribution in [3.05, 3.63) is 29.6 Å². The SMILES string of the molecule is Cc1ccc2nc(CC(=O)O)n(C3CC3)c2c1. The fourth-order valence-corrected chi connectivity index (χ4v) is 2.25. The minimum absolute atomic E-state index is 0.00419. The summed E-state index contributed by atoms with van der Waals surface area (Å²) in [5.41, 5.74) is 3.16. The molecule has 1 aliphatic carbocycles. The molecule has 1 aromatic carbocycles. The van der Waals surface area contributed by atoms with E-state index in [9.17, 15) is 4.79 Å². The van der Waals surface area contributed by atoms with Crippen molar-refractivity contribution in [2.75, 3.05) is 0 Å². The molecule has 1 saturated carbocycles. The number of hydrogen-bond acceptors (Lipinski definition) is 2. The van der Waals surface area contributed by atoms with Crippen LogP contribution in [-0.2, 0) is 11.2 Å². The Morgan fingerprint density at radius 3 is 2.94 bits per heavy atom. The van der Waals surface area contributed by atoms with Crippen LogP contribution in [0.4, 0.5) is 0 Å². The molecule has 3 rings (SSSR count). The monoisotopic (exact) mass is 230 g/mol. The van der Waals surface area contributed by atoms with E-state index >= 15 is 0 Å². The molecule has 4 nitrogen and oxygen atoms in total. The van der Waals surface area contributed by atoms with E-state index in [1.54, 1.807) is 0 Å².